The minimum Gasteiger partial charge on any atom is -0.497 e. The predicted octanol–water partition coefficient (Wildman–Crippen LogP) is 1.36. The number of nitrogens with two attached hydrogens (primary N) is 1. The van der Waals surface area contributed by atoms with E-state index in [2.05, 4.69) is 21.7 Å². The van der Waals surface area contributed by atoms with Gasteiger partial charge in [-0.1, -0.05) is 24.0 Å². The number of ether oxygens (including phenoxy) is 1. The fourth-order valence-electron chi connectivity index (χ4n) is 3.66. The number of benzene rings is 2. The molecule has 1 aromatic heterocycles. The van der Waals surface area contributed by atoms with Crippen LogP contribution in [0.5, 0.6) is 5.75 Å². The molecule has 3 aromatic rings. The highest BCUT2D eigenvalue weighted by Crippen LogP contribution is 2.14. The summed E-state index contributed by atoms with van der Waals surface area (Å²) in [4.78, 5) is 19.7. The summed E-state index contributed by atoms with van der Waals surface area (Å²) in [6.45, 7) is 2.12. The smallest absolute Gasteiger partial charge is 0.258 e. The number of hydrogen-bond acceptors (Lipinski definition) is 6. The van der Waals surface area contributed by atoms with Gasteiger partial charge in [-0.2, -0.15) is 0 Å². The number of nitrogens with zero attached hydrogens (tertiary/aromatic N) is 3. The normalized spacial score (nSPS) is 13.6. The van der Waals surface area contributed by atoms with Gasteiger partial charge in [-0.05, 0) is 42.0 Å². The van der Waals surface area contributed by atoms with Gasteiger partial charge in [0.25, 0.3) is 5.56 Å². The molecule has 170 valence electrons. The fourth-order valence-corrected chi connectivity index (χ4v) is 4.18. The van der Waals surface area contributed by atoms with Gasteiger partial charge in [0.2, 0.25) is 10.0 Å². The Labute approximate surface area is 192 Å². The number of methoxy groups -OCH3 is 1. The molecule has 2 N–H and O–H groups in total. The van der Waals surface area contributed by atoms with Crippen molar-refractivity contribution in [2.45, 2.75) is 24.4 Å². The molecule has 0 atom stereocenters. The Bertz CT molecular complexity index is 1370. The average molecular weight is 465 g/mol. The van der Waals surface area contributed by atoms with Crippen molar-refractivity contribution in [1.29, 1.82) is 0 Å². The Hall–Kier alpha value is -3.45. The standard InChI is InChI=1S/C24H24N4O4S/c1-32-20-8-4-18(5-9-20)3-2-13-27-14-12-23-22(16-27)24(29)28(17-26-23)15-19-6-10-21(11-7-19)33(25,30)31/h4-11,17H,12-16H2,1H3,(H2,25,30,31). The van der Waals surface area contributed by atoms with Gasteiger partial charge in [0.1, 0.15) is 5.75 Å². The maximum Gasteiger partial charge on any atom is 0.258 e. The van der Waals surface area contributed by atoms with Crippen LogP contribution in [-0.4, -0.2) is 43.1 Å². The molecule has 0 spiro atoms. The van der Waals surface area contributed by atoms with Crippen LogP contribution in [0.1, 0.15) is 22.4 Å². The van der Waals surface area contributed by atoms with Crippen LogP contribution in [-0.2, 0) is 29.5 Å². The summed E-state index contributed by atoms with van der Waals surface area (Å²) in [6, 6.07) is 13.7. The van der Waals surface area contributed by atoms with Gasteiger partial charge in [-0.15, -0.1) is 0 Å². The molecule has 2 aromatic carbocycles. The molecular formula is C24H24N4O4S. The lowest BCUT2D eigenvalue weighted by molar-refractivity contribution is 0.280. The van der Waals surface area contributed by atoms with Gasteiger partial charge in [0.15, 0.2) is 0 Å². The van der Waals surface area contributed by atoms with Crippen LogP contribution < -0.4 is 15.4 Å². The molecule has 0 saturated heterocycles. The lowest BCUT2D eigenvalue weighted by Crippen LogP contribution is -2.38. The van der Waals surface area contributed by atoms with Crippen molar-refractivity contribution in [3.8, 4) is 17.6 Å². The van der Waals surface area contributed by atoms with E-state index in [0.717, 1.165) is 29.1 Å². The van der Waals surface area contributed by atoms with Crippen LogP contribution in [0.25, 0.3) is 0 Å². The zero-order chi connectivity index (χ0) is 23.4. The summed E-state index contributed by atoms with van der Waals surface area (Å²) in [7, 11) is -2.12. The van der Waals surface area contributed by atoms with E-state index in [1.165, 1.54) is 16.7 Å². The number of primary sulfonamides is 1. The number of fused-ring (bicyclic) bond motifs is 1. The Morgan fingerprint density at radius 2 is 1.85 bits per heavy atom. The molecule has 0 bridgehead atoms. The molecule has 4 rings (SSSR count). The van der Waals surface area contributed by atoms with Crippen molar-refractivity contribution >= 4 is 10.0 Å². The average Bonchev–Trinajstić information content (AvgIpc) is 2.81. The summed E-state index contributed by atoms with van der Waals surface area (Å²) >= 11 is 0. The predicted molar refractivity (Wildman–Crippen MR) is 124 cm³/mol. The maximum atomic E-state index is 13.1. The zero-order valence-electron chi connectivity index (χ0n) is 18.2. The third-order valence-electron chi connectivity index (χ3n) is 5.50. The van der Waals surface area contributed by atoms with Gasteiger partial charge in [0, 0.05) is 25.1 Å². The number of rotatable bonds is 5. The quantitative estimate of drug-likeness (QED) is 0.572. The van der Waals surface area contributed by atoms with E-state index in [1.807, 2.05) is 24.3 Å². The Morgan fingerprint density at radius 3 is 2.52 bits per heavy atom. The van der Waals surface area contributed by atoms with E-state index in [-0.39, 0.29) is 10.5 Å². The first kappa shape index (κ1) is 22.7. The van der Waals surface area contributed by atoms with Gasteiger partial charge < -0.3 is 4.74 Å². The Morgan fingerprint density at radius 1 is 1.12 bits per heavy atom. The van der Waals surface area contributed by atoms with E-state index < -0.39 is 10.0 Å². The van der Waals surface area contributed by atoms with Gasteiger partial charge >= 0.3 is 0 Å². The molecule has 0 aliphatic carbocycles. The molecule has 0 fully saturated rings. The molecule has 2 heterocycles. The minimum atomic E-state index is -3.75. The first-order valence-electron chi connectivity index (χ1n) is 10.4. The van der Waals surface area contributed by atoms with Gasteiger partial charge in [0.05, 0.1) is 42.7 Å². The lowest BCUT2D eigenvalue weighted by Gasteiger charge is -2.26. The number of sulfonamides is 1. The molecule has 0 amide bonds. The molecular weight excluding hydrogens is 440 g/mol. The SMILES string of the molecule is COc1ccc(C#CCN2CCc3ncn(Cc4ccc(S(N)(=O)=O)cc4)c(=O)c3C2)cc1. The summed E-state index contributed by atoms with van der Waals surface area (Å²) in [5.74, 6) is 7.11. The highest BCUT2D eigenvalue weighted by atomic mass is 32.2. The van der Waals surface area contributed by atoms with Crippen LogP contribution >= 0.6 is 0 Å². The van der Waals surface area contributed by atoms with Crippen molar-refractivity contribution in [2.75, 3.05) is 20.2 Å². The van der Waals surface area contributed by atoms with Crippen molar-refractivity contribution in [3.05, 3.63) is 87.6 Å². The molecule has 1 aliphatic heterocycles. The largest absolute Gasteiger partial charge is 0.497 e. The molecule has 9 heteroatoms. The molecule has 8 nitrogen and oxygen atoms in total. The van der Waals surface area contributed by atoms with E-state index in [1.54, 1.807) is 25.6 Å². The summed E-state index contributed by atoms with van der Waals surface area (Å²) in [5.41, 5.74) is 3.09. The van der Waals surface area contributed by atoms with E-state index in [9.17, 15) is 13.2 Å². The minimum absolute atomic E-state index is 0.0357. The number of hydrogen-bond donors (Lipinski definition) is 1. The fraction of sp³-hybridized carbons (Fsp3) is 0.250. The first-order chi connectivity index (χ1) is 15.8. The summed E-state index contributed by atoms with van der Waals surface area (Å²) in [5, 5.41) is 5.14. The second-order valence-corrected chi connectivity index (χ2v) is 9.34. The third kappa shape index (κ3) is 5.49. The third-order valence-corrected chi connectivity index (χ3v) is 6.43. The number of aromatic nitrogens is 2. The molecule has 0 saturated carbocycles. The van der Waals surface area contributed by atoms with Gasteiger partial charge in [-0.3, -0.25) is 14.3 Å². The molecule has 0 radical (unpaired) electrons. The van der Waals surface area contributed by atoms with Crippen molar-refractivity contribution in [1.82, 2.24) is 14.5 Å². The van der Waals surface area contributed by atoms with Crippen LogP contribution in [0.4, 0.5) is 0 Å². The second kappa shape index (κ2) is 9.58. The van der Waals surface area contributed by atoms with Crippen LogP contribution in [0.3, 0.4) is 0 Å². The Kier molecular flexibility index (Phi) is 6.60. The lowest BCUT2D eigenvalue weighted by atomic mass is 10.1. The van der Waals surface area contributed by atoms with E-state index in [0.29, 0.717) is 31.6 Å². The monoisotopic (exact) mass is 464 g/mol. The maximum absolute atomic E-state index is 13.1. The molecule has 33 heavy (non-hydrogen) atoms. The van der Waals surface area contributed by atoms with Crippen molar-refractivity contribution < 1.29 is 13.2 Å². The first-order valence-corrected chi connectivity index (χ1v) is 11.9. The Balaban J connectivity index is 1.45. The topological polar surface area (TPSA) is 108 Å². The van der Waals surface area contributed by atoms with E-state index in [4.69, 9.17) is 9.88 Å². The zero-order valence-corrected chi connectivity index (χ0v) is 19.0. The van der Waals surface area contributed by atoms with Crippen molar-refractivity contribution in [2.24, 2.45) is 5.14 Å². The van der Waals surface area contributed by atoms with Gasteiger partial charge in [-0.25, -0.2) is 18.5 Å². The summed E-state index contributed by atoms with van der Waals surface area (Å²) in [6.07, 6.45) is 2.24. The molecule has 0 unspecified atom stereocenters. The molecule has 1 aliphatic rings. The summed E-state index contributed by atoms with van der Waals surface area (Å²) < 4.78 is 29.5. The van der Waals surface area contributed by atoms with E-state index >= 15 is 0 Å². The highest BCUT2D eigenvalue weighted by Gasteiger charge is 2.20. The van der Waals surface area contributed by atoms with Crippen LogP contribution in [0, 0.1) is 11.8 Å². The highest BCUT2D eigenvalue weighted by molar-refractivity contribution is 7.89. The second-order valence-electron chi connectivity index (χ2n) is 7.78. The van der Waals surface area contributed by atoms with Crippen LogP contribution in [0.2, 0.25) is 0 Å². The van der Waals surface area contributed by atoms with Crippen molar-refractivity contribution in [3.63, 3.8) is 0 Å². The van der Waals surface area contributed by atoms with Crippen LogP contribution in [0.15, 0.2) is 64.5 Å².